The number of nitrogens with one attached hydrogen (secondary N) is 1. The molecule has 0 radical (unpaired) electrons. The Balaban J connectivity index is 0.00000162. The Kier molecular flexibility index (Phi) is 7.33. The molecule has 1 unspecified atom stereocenters. The molecule has 102 valence electrons. The van der Waals surface area contributed by atoms with Gasteiger partial charge in [-0.15, -0.1) is 12.4 Å². The fourth-order valence-electron chi connectivity index (χ4n) is 2.41. The summed E-state index contributed by atoms with van der Waals surface area (Å²) in [5.41, 5.74) is 2.59. The Morgan fingerprint density at radius 2 is 2.28 bits per heavy atom. The van der Waals surface area contributed by atoms with E-state index in [2.05, 4.69) is 36.5 Å². The van der Waals surface area contributed by atoms with Gasteiger partial charge in [0.2, 0.25) is 0 Å². The molecule has 0 aliphatic carbocycles. The van der Waals surface area contributed by atoms with Crippen LogP contribution in [0.4, 0.5) is 0 Å². The van der Waals surface area contributed by atoms with Crippen LogP contribution in [0.1, 0.15) is 30.4 Å². The van der Waals surface area contributed by atoms with Crippen LogP contribution >= 0.6 is 12.4 Å². The van der Waals surface area contributed by atoms with Crippen LogP contribution in [0.15, 0.2) is 24.3 Å². The van der Waals surface area contributed by atoms with Crippen LogP contribution in [0.3, 0.4) is 0 Å². The SMILES string of the molecule is Cc1cccc(COCCC2CCCNC2)c1.Cl. The van der Waals surface area contributed by atoms with E-state index in [1.165, 1.54) is 43.5 Å². The highest BCUT2D eigenvalue weighted by molar-refractivity contribution is 5.85. The lowest BCUT2D eigenvalue weighted by atomic mass is 9.97. The predicted molar refractivity (Wildman–Crippen MR) is 78.3 cm³/mol. The minimum atomic E-state index is 0. The quantitative estimate of drug-likeness (QED) is 0.828. The van der Waals surface area contributed by atoms with E-state index in [9.17, 15) is 0 Å². The van der Waals surface area contributed by atoms with Gasteiger partial charge in [-0.3, -0.25) is 0 Å². The average molecular weight is 270 g/mol. The number of halogens is 1. The lowest BCUT2D eigenvalue weighted by Crippen LogP contribution is -2.30. The molecule has 1 aromatic rings. The van der Waals surface area contributed by atoms with Crippen LogP contribution < -0.4 is 5.32 Å². The highest BCUT2D eigenvalue weighted by Gasteiger charge is 2.12. The van der Waals surface area contributed by atoms with Gasteiger partial charge in [-0.1, -0.05) is 29.8 Å². The topological polar surface area (TPSA) is 21.3 Å². The first-order chi connectivity index (χ1) is 8.34. The molecule has 18 heavy (non-hydrogen) atoms. The molecule has 0 aromatic heterocycles. The van der Waals surface area contributed by atoms with Gasteiger partial charge in [0.1, 0.15) is 0 Å². The minimum absolute atomic E-state index is 0. The fraction of sp³-hybridized carbons (Fsp3) is 0.600. The maximum atomic E-state index is 5.75. The standard InChI is InChI=1S/C15H23NO.ClH/c1-13-4-2-5-15(10-13)12-17-9-7-14-6-3-8-16-11-14;/h2,4-5,10,14,16H,3,6-9,11-12H2,1H3;1H. The lowest BCUT2D eigenvalue weighted by Gasteiger charge is -2.22. The average Bonchev–Trinajstić information content (AvgIpc) is 2.36. The number of benzene rings is 1. The molecule has 1 aliphatic heterocycles. The van der Waals surface area contributed by atoms with Crippen molar-refractivity contribution in [2.45, 2.75) is 32.8 Å². The predicted octanol–water partition coefficient (Wildman–Crippen LogP) is 3.32. The second-order valence-corrected chi connectivity index (χ2v) is 5.04. The molecule has 0 amide bonds. The van der Waals surface area contributed by atoms with E-state index in [0.717, 1.165) is 19.1 Å². The zero-order valence-electron chi connectivity index (χ0n) is 11.2. The zero-order chi connectivity index (χ0) is 11.9. The summed E-state index contributed by atoms with van der Waals surface area (Å²) in [6.45, 7) is 6.13. The van der Waals surface area contributed by atoms with Crippen molar-refractivity contribution in [2.75, 3.05) is 19.7 Å². The smallest absolute Gasteiger partial charge is 0.0716 e. The lowest BCUT2D eigenvalue weighted by molar-refractivity contribution is 0.103. The first-order valence-corrected chi connectivity index (χ1v) is 6.68. The minimum Gasteiger partial charge on any atom is -0.377 e. The molecule has 2 nitrogen and oxygen atoms in total. The Labute approximate surface area is 117 Å². The highest BCUT2D eigenvalue weighted by Crippen LogP contribution is 2.14. The van der Waals surface area contributed by atoms with Crippen LogP contribution in [-0.4, -0.2) is 19.7 Å². The first-order valence-electron chi connectivity index (χ1n) is 6.68. The molecule has 1 N–H and O–H groups in total. The van der Waals surface area contributed by atoms with E-state index in [-0.39, 0.29) is 12.4 Å². The number of ether oxygens (including phenoxy) is 1. The summed E-state index contributed by atoms with van der Waals surface area (Å²) in [4.78, 5) is 0. The Morgan fingerprint density at radius 3 is 3.00 bits per heavy atom. The molecule has 0 bridgehead atoms. The normalized spacial score (nSPS) is 19.3. The molecule has 2 rings (SSSR count). The number of hydrogen-bond donors (Lipinski definition) is 1. The van der Waals surface area contributed by atoms with E-state index in [1.807, 2.05) is 0 Å². The molecular formula is C15H24ClNO. The van der Waals surface area contributed by atoms with Crippen molar-refractivity contribution in [1.82, 2.24) is 5.32 Å². The third kappa shape index (κ3) is 5.38. The van der Waals surface area contributed by atoms with Crippen LogP contribution in [0.25, 0.3) is 0 Å². The molecule has 1 aromatic carbocycles. The molecule has 1 saturated heterocycles. The molecule has 1 heterocycles. The second kappa shape index (κ2) is 8.52. The summed E-state index contributed by atoms with van der Waals surface area (Å²) in [5, 5.41) is 3.45. The maximum Gasteiger partial charge on any atom is 0.0716 e. The Bertz CT molecular complexity index is 337. The summed E-state index contributed by atoms with van der Waals surface area (Å²) < 4.78 is 5.75. The van der Waals surface area contributed by atoms with Crippen LogP contribution in [0.2, 0.25) is 0 Å². The van der Waals surface area contributed by atoms with Gasteiger partial charge in [0.05, 0.1) is 6.61 Å². The van der Waals surface area contributed by atoms with Crippen molar-refractivity contribution in [1.29, 1.82) is 0 Å². The summed E-state index contributed by atoms with van der Waals surface area (Å²) in [6, 6.07) is 8.55. The van der Waals surface area contributed by atoms with Crippen molar-refractivity contribution in [2.24, 2.45) is 5.92 Å². The molecular weight excluding hydrogens is 246 g/mol. The Hall–Kier alpha value is -0.570. The van der Waals surface area contributed by atoms with Gasteiger partial charge < -0.3 is 10.1 Å². The van der Waals surface area contributed by atoms with Gasteiger partial charge in [-0.05, 0) is 50.8 Å². The molecule has 1 atom stereocenters. The number of piperidine rings is 1. The fourth-order valence-corrected chi connectivity index (χ4v) is 2.41. The summed E-state index contributed by atoms with van der Waals surface area (Å²) in [5.74, 6) is 0.821. The third-order valence-electron chi connectivity index (χ3n) is 3.42. The van der Waals surface area contributed by atoms with Crippen molar-refractivity contribution < 1.29 is 4.74 Å². The largest absolute Gasteiger partial charge is 0.377 e. The van der Waals surface area contributed by atoms with Gasteiger partial charge in [-0.25, -0.2) is 0 Å². The van der Waals surface area contributed by atoms with Crippen LogP contribution in [0, 0.1) is 12.8 Å². The Morgan fingerprint density at radius 1 is 1.39 bits per heavy atom. The summed E-state index contributed by atoms with van der Waals surface area (Å²) in [6.07, 6.45) is 3.88. The van der Waals surface area contributed by atoms with E-state index >= 15 is 0 Å². The molecule has 3 heteroatoms. The van der Waals surface area contributed by atoms with E-state index < -0.39 is 0 Å². The van der Waals surface area contributed by atoms with Crippen molar-refractivity contribution in [3.63, 3.8) is 0 Å². The van der Waals surface area contributed by atoms with Gasteiger partial charge >= 0.3 is 0 Å². The number of hydrogen-bond acceptors (Lipinski definition) is 2. The summed E-state index contributed by atoms with van der Waals surface area (Å²) >= 11 is 0. The highest BCUT2D eigenvalue weighted by atomic mass is 35.5. The number of aryl methyl sites for hydroxylation is 1. The van der Waals surface area contributed by atoms with Crippen molar-refractivity contribution in [3.05, 3.63) is 35.4 Å². The first kappa shape index (κ1) is 15.5. The maximum absolute atomic E-state index is 5.75. The van der Waals surface area contributed by atoms with Crippen molar-refractivity contribution in [3.8, 4) is 0 Å². The van der Waals surface area contributed by atoms with Gasteiger partial charge in [0.15, 0.2) is 0 Å². The van der Waals surface area contributed by atoms with E-state index in [4.69, 9.17) is 4.74 Å². The zero-order valence-corrected chi connectivity index (χ0v) is 12.0. The van der Waals surface area contributed by atoms with Crippen molar-refractivity contribution >= 4 is 12.4 Å². The molecule has 1 aliphatic rings. The molecule has 0 saturated carbocycles. The monoisotopic (exact) mass is 269 g/mol. The molecule has 0 spiro atoms. The van der Waals surface area contributed by atoms with Crippen LogP contribution in [0.5, 0.6) is 0 Å². The third-order valence-corrected chi connectivity index (χ3v) is 3.42. The van der Waals surface area contributed by atoms with Gasteiger partial charge in [0, 0.05) is 6.61 Å². The second-order valence-electron chi connectivity index (χ2n) is 5.04. The van der Waals surface area contributed by atoms with Gasteiger partial charge in [0.25, 0.3) is 0 Å². The van der Waals surface area contributed by atoms with Crippen LogP contribution in [-0.2, 0) is 11.3 Å². The number of rotatable bonds is 5. The van der Waals surface area contributed by atoms with E-state index in [1.54, 1.807) is 0 Å². The van der Waals surface area contributed by atoms with E-state index in [0.29, 0.717) is 0 Å². The summed E-state index contributed by atoms with van der Waals surface area (Å²) in [7, 11) is 0. The van der Waals surface area contributed by atoms with Gasteiger partial charge in [-0.2, -0.15) is 0 Å². The molecule has 1 fully saturated rings.